The van der Waals surface area contributed by atoms with E-state index in [-0.39, 0.29) is 6.04 Å². The van der Waals surface area contributed by atoms with Crippen LogP contribution in [0.4, 0.5) is 0 Å². The topological polar surface area (TPSA) is 51.8 Å². The predicted molar refractivity (Wildman–Crippen MR) is 78.9 cm³/mol. The number of aromatic nitrogens is 2. The Bertz CT molecular complexity index is 564. The second-order valence-electron chi connectivity index (χ2n) is 5.07. The zero-order valence-corrected chi connectivity index (χ0v) is 11.9. The Hall–Kier alpha value is -1.74. The molecule has 1 heterocycles. The molecule has 0 saturated heterocycles. The van der Waals surface area contributed by atoms with Crippen molar-refractivity contribution in [3.05, 3.63) is 47.3 Å². The Morgan fingerprint density at radius 1 is 1.16 bits per heavy atom. The highest BCUT2D eigenvalue weighted by atomic mass is 14.9. The van der Waals surface area contributed by atoms with Gasteiger partial charge in [-0.25, -0.2) is 9.97 Å². The molecule has 0 aliphatic rings. The van der Waals surface area contributed by atoms with E-state index in [4.69, 9.17) is 5.73 Å². The molecule has 1 unspecified atom stereocenters. The third kappa shape index (κ3) is 3.61. The van der Waals surface area contributed by atoms with Gasteiger partial charge in [0.1, 0.15) is 0 Å². The molecule has 0 aliphatic heterocycles. The van der Waals surface area contributed by atoms with Crippen LogP contribution >= 0.6 is 0 Å². The predicted octanol–water partition coefficient (Wildman–Crippen LogP) is 3.04. The summed E-state index contributed by atoms with van der Waals surface area (Å²) in [4.78, 5) is 9.17. The van der Waals surface area contributed by atoms with E-state index in [0.29, 0.717) is 0 Å². The van der Waals surface area contributed by atoms with Crippen LogP contribution in [0.2, 0.25) is 0 Å². The van der Waals surface area contributed by atoms with Crippen molar-refractivity contribution >= 4 is 0 Å². The minimum atomic E-state index is 0.166. The van der Waals surface area contributed by atoms with Gasteiger partial charge >= 0.3 is 0 Å². The molecule has 2 rings (SSSR count). The maximum absolute atomic E-state index is 6.01. The molecular weight excluding hydrogens is 234 g/mol. The lowest BCUT2D eigenvalue weighted by Gasteiger charge is -2.10. The molecule has 19 heavy (non-hydrogen) atoms. The van der Waals surface area contributed by atoms with E-state index < -0.39 is 0 Å². The third-order valence-electron chi connectivity index (χ3n) is 3.18. The molecule has 0 aliphatic carbocycles. The van der Waals surface area contributed by atoms with E-state index >= 15 is 0 Å². The average Bonchev–Trinajstić information content (AvgIpc) is 2.38. The highest BCUT2D eigenvalue weighted by molar-refractivity contribution is 5.56. The quantitative estimate of drug-likeness (QED) is 0.913. The van der Waals surface area contributed by atoms with Gasteiger partial charge in [-0.1, -0.05) is 30.7 Å². The van der Waals surface area contributed by atoms with Gasteiger partial charge in [-0.05, 0) is 32.4 Å². The summed E-state index contributed by atoms with van der Waals surface area (Å²) < 4.78 is 0. The molecule has 3 nitrogen and oxygen atoms in total. The fourth-order valence-electron chi connectivity index (χ4n) is 2.06. The van der Waals surface area contributed by atoms with Crippen LogP contribution in [0.15, 0.2) is 30.3 Å². The van der Waals surface area contributed by atoms with Crippen molar-refractivity contribution in [3.63, 3.8) is 0 Å². The number of aryl methyl sites for hydroxylation is 2. The fourth-order valence-corrected chi connectivity index (χ4v) is 2.06. The minimum absolute atomic E-state index is 0.166. The largest absolute Gasteiger partial charge is 0.327 e. The lowest BCUT2D eigenvalue weighted by Crippen LogP contribution is -2.22. The summed E-state index contributed by atoms with van der Waals surface area (Å²) in [7, 11) is 0. The Morgan fingerprint density at radius 3 is 2.63 bits per heavy atom. The van der Waals surface area contributed by atoms with Crippen molar-refractivity contribution in [2.24, 2.45) is 5.73 Å². The molecule has 0 radical (unpaired) electrons. The molecule has 1 aromatic carbocycles. The lowest BCUT2D eigenvalue weighted by atomic mass is 10.1. The van der Waals surface area contributed by atoms with Crippen LogP contribution in [0.1, 0.15) is 30.3 Å². The number of hydrogen-bond acceptors (Lipinski definition) is 3. The van der Waals surface area contributed by atoms with E-state index in [1.54, 1.807) is 0 Å². The van der Waals surface area contributed by atoms with Crippen LogP contribution in [-0.4, -0.2) is 16.0 Å². The first-order valence-corrected chi connectivity index (χ1v) is 6.75. The van der Waals surface area contributed by atoms with Crippen LogP contribution in [-0.2, 0) is 6.42 Å². The molecule has 2 N–H and O–H groups in total. The minimum Gasteiger partial charge on any atom is -0.327 e. The molecule has 1 aromatic heterocycles. The van der Waals surface area contributed by atoms with Gasteiger partial charge in [0.05, 0.1) is 0 Å². The van der Waals surface area contributed by atoms with Gasteiger partial charge in [0.15, 0.2) is 5.82 Å². The lowest BCUT2D eigenvalue weighted by molar-refractivity contribution is 0.635. The number of rotatable bonds is 4. The smallest absolute Gasteiger partial charge is 0.159 e. The van der Waals surface area contributed by atoms with Crippen LogP contribution in [0.25, 0.3) is 11.4 Å². The molecule has 0 amide bonds. The van der Waals surface area contributed by atoms with Gasteiger partial charge in [0.2, 0.25) is 0 Å². The Balaban J connectivity index is 2.36. The van der Waals surface area contributed by atoms with Gasteiger partial charge < -0.3 is 5.73 Å². The normalized spacial score (nSPS) is 12.4. The molecule has 0 saturated carbocycles. The molecule has 100 valence electrons. The standard InChI is InChI=1S/C16H21N3/c1-4-14(17)10-15-9-12(3)18-16(19-15)13-7-5-6-11(2)8-13/h5-9,14H,4,10,17H2,1-3H3. The van der Waals surface area contributed by atoms with Crippen molar-refractivity contribution in [1.29, 1.82) is 0 Å². The van der Waals surface area contributed by atoms with Gasteiger partial charge in [0.25, 0.3) is 0 Å². The molecular formula is C16H21N3. The van der Waals surface area contributed by atoms with E-state index in [2.05, 4.69) is 35.9 Å². The number of nitrogens with two attached hydrogens (primary N) is 1. The van der Waals surface area contributed by atoms with Crippen LogP contribution in [0.5, 0.6) is 0 Å². The van der Waals surface area contributed by atoms with Gasteiger partial charge in [-0.3, -0.25) is 0 Å². The first-order valence-electron chi connectivity index (χ1n) is 6.75. The first-order chi connectivity index (χ1) is 9.08. The third-order valence-corrected chi connectivity index (χ3v) is 3.18. The van der Waals surface area contributed by atoms with E-state index in [1.807, 2.05) is 25.1 Å². The number of benzene rings is 1. The SMILES string of the molecule is CCC(N)Cc1cc(C)nc(-c2cccc(C)c2)n1. The Labute approximate surface area is 114 Å². The highest BCUT2D eigenvalue weighted by Gasteiger charge is 2.08. The van der Waals surface area contributed by atoms with E-state index in [1.165, 1.54) is 5.56 Å². The summed E-state index contributed by atoms with van der Waals surface area (Å²) in [6, 6.07) is 10.5. The van der Waals surface area contributed by atoms with Crippen molar-refractivity contribution in [2.45, 2.75) is 39.7 Å². The Kier molecular flexibility index (Phi) is 4.27. The monoisotopic (exact) mass is 255 g/mol. The zero-order valence-electron chi connectivity index (χ0n) is 11.9. The zero-order chi connectivity index (χ0) is 13.8. The molecule has 0 spiro atoms. The van der Waals surface area contributed by atoms with E-state index in [0.717, 1.165) is 35.6 Å². The van der Waals surface area contributed by atoms with Crippen molar-refractivity contribution < 1.29 is 0 Å². The second-order valence-corrected chi connectivity index (χ2v) is 5.07. The van der Waals surface area contributed by atoms with Crippen molar-refractivity contribution in [3.8, 4) is 11.4 Å². The second kappa shape index (κ2) is 5.93. The molecule has 0 bridgehead atoms. The van der Waals surface area contributed by atoms with E-state index in [9.17, 15) is 0 Å². The maximum atomic E-state index is 6.01. The van der Waals surface area contributed by atoms with Crippen LogP contribution < -0.4 is 5.73 Å². The van der Waals surface area contributed by atoms with Gasteiger partial charge in [0, 0.05) is 29.4 Å². The summed E-state index contributed by atoms with van der Waals surface area (Å²) in [5.74, 6) is 0.794. The van der Waals surface area contributed by atoms with Crippen molar-refractivity contribution in [2.75, 3.05) is 0 Å². The fraction of sp³-hybridized carbons (Fsp3) is 0.375. The molecule has 3 heteroatoms. The number of hydrogen-bond donors (Lipinski definition) is 1. The Morgan fingerprint density at radius 2 is 1.95 bits per heavy atom. The first kappa shape index (κ1) is 13.7. The summed E-state index contributed by atoms with van der Waals surface area (Å²) in [5, 5.41) is 0. The summed E-state index contributed by atoms with van der Waals surface area (Å²) in [6.07, 6.45) is 1.77. The molecule has 1 atom stereocenters. The maximum Gasteiger partial charge on any atom is 0.159 e. The van der Waals surface area contributed by atoms with Gasteiger partial charge in [-0.2, -0.15) is 0 Å². The average molecular weight is 255 g/mol. The number of nitrogens with zero attached hydrogens (tertiary/aromatic N) is 2. The van der Waals surface area contributed by atoms with Crippen LogP contribution in [0, 0.1) is 13.8 Å². The highest BCUT2D eigenvalue weighted by Crippen LogP contribution is 2.17. The van der Waals surface area contributed by atoms with Crippen molar-refractivity contribution in [1.82, 2.24) is 9.97 Å². The summed E-state index contributed by atoms with van der Waals surface area (Å²) in [6.45, 7) is 6.18. The summed E-state index contributed by atoms with van der Waals surface area (Å²) >= 11 is 0. The van der Waals surface area contributed by atoms with Crippen LogP contribution in [0.3, 0.4) is 0 Å². The summed E-state index contributed by atoms with van der Waals surface area (Å²) in [5.41, 5.74) is 10.3. The molecule has 2 aromatic rings. The molecule has 0 fully saturated rings. The van der Waals surface area contributed by atoms with Gasteiger partial charge in [-0.15, -0.1) is 0 Å².